The molecule has 2 aromatic rings. The summed E-state index contributed by atoms with van der Waals surface area (Å²) in [6.45, 7) is 0.0681. The second-order valence-corrected chi connectivity index (χ2v) is 5.95. The number of carboxylic acids is 1. The van der Waals surface area contributed by atoms with Crippen molar-refractivity contribution in [2.24, 2.45) is 0 Å². The number of amides is 1. The minimum Gasteiger partial charge on any atom is -0.480 e. The molecule has 1 fully saturated rings. The van der Waals surface area contributed by atoms with Crippen molar-refractivity contribution < 1.29 is 23.8 Å². The lowest BCUT2D eigenvalue weighted by Crippen LogP contribution is -2.42. The molecule has 1 aliphatic rings. The monoisotopic (exact) mass is 343 g/mol. The Labute approximate surface area is 144 Å². The van der Waals surface area contributed by atoms with Gasteiger partial charge in [0, 0.05) is 0 Å². The predicted octanol–water partition coefficient (Wildman–Crippen LogP) is 3.75. The number of aliphatic carboxylic acids is 1. The Bertz CT molecular complexity index is 748. The second-order valence-electron chi connectivity index (χ2n) is 5.95. The number of carboxylic acid groups (broad SMARTS) is 1. The van der Waals surface area contributed by atoms with Crippen LogP contribution in [0.4, 0.5) is 9.18 Å². The summed E-state index contributed by atoms with van der Waals surface area (Å²) in [6.07, 6.45) is 0.143. The van der Waals surface area contributed by atoms with E-state index in [4.69, 9.17) is 4.74 Å². The van der Waals surface area contributed by atoms with Crippen LogP contribution in [0, 0.1) is 5.82 Å². The van der Waals surface area contributed by atoms with E-state index in [-0.39, 0.29) is 12.4 Å². The molecule has 130 valence electrons. The number of ether oxygens (including phenoxy) is 1. The smallest absolute Gasteiger partial charge is 0.411 e. The van der Waals surface area contributed by atoms with Crippen LogP contribution in [-0.2, 0) is 16.1 Å². The maximum atomic E-state index is 13.1. The largest absolute Gasteiger partial charge is 0.480 e. The summed E-state index contributed by atoms with van der Waals surface area (Å²) in [5.41, 5.74) is 1.52. The summed E-state index contributed by atoms with van der Waals surface area (Å²) < 4.78 is 18.5. The van der Waals surface area contributed by atoms with Gasteiger partial charge in [0.2, 0.25) is 0 Å². The van der Waals surface area contributed by atoms with Gasteiger partial charge in [-0.25, -0.2) is 14.0 Å². The van der Waals surface area contributed by atoms with E-state index in [0.29, 0.717) is 18.4 Å². The molecular weight excluding hydrogens is 325 g/mol. The van der Waals surface area contributed by atoms with Crippen LogP contribution in [0.1, 0.15) is 30.0 Å². The van der Waals surface area contributed by atoms with Crippen LogP contribution in [0.15, 0.2) is 54.6 Å². The molecule has 0 saturated carbocycles. The summed E-state index contributed by atoms with van der Waals surface area (Å²) in [4.78, 5) is 25.3. The van der Waals surface area contributed by atoms with Crippen LogP contribution in [0.25, 0.3) is 0 Å². The molecule has 25 heavy (non-hydrogen) atoms. The van der Waals surface area contributed by atoms with Gasteiger partial charge in [-0.2, -0.15) is 0 Å². The Hall–Kier alpha value is -2.89. The van der Waals surface area contributed by atoms with Gasteiger partial charge in [0.05, 0.1) is 6.04 Å². The number of hydrogen-bond acceptors (Lipinski definition) is 3. The number of hydrogen-bond donors (Lipinski definition) is 1. The standard InChI is InChI=1S/C19H18FNO4/c20-15-8-6-14(7-9-15)16-10-11-17(18(22)23)21(16)19(24)25-12-13-4-2-1-3-5-13/h1-9,16-17H,10-12H2,(H,22,23)/t16-,17-/m0/s1. The SMILES string of the molecule is O=C(O)[C@@H]1CC[C@@H](c2ccc(F)cc2)N1C(=O)OCc1ccccc1. The number of carbonyl (C=O) groups excluding carboxylic acids is 1. The molecule has 5 nitrogen and oxygen atoms in total. The van der Waals surface area contributed by atoms with E-state index in [0.717, 1.165) is 5.56 Å². The minimum absolute atomic E-state index is 0.0681. The first-order valence-corrected chi connectivity index (χ1v) is 8.03. The summed E-state index contributed by atoms with van der Waals surface area (Å²) in [5, 5.41) is 9.42. The molecule has 1 aliphatic heterocycles. The lowest BCUT2D eigenvalue weighted by atomic mass is 10.0. The van der Waals surface area contributed by atoms with Gasteiger partial charge in [-0.05, 0) is 36.1 Å². The number of rotatable bonds is 4. The molecule has 0 bridgehead atoms. The van der Waals surface area contributed by atoms with Crippen LogP contribution in [0.5, 0.6) is 0 Å². The molecule has 2 atom stereocenters. The van der Waals surface area contributed by atoms with E-state index in [9.17, 15) is 19.1 Å². The summed E-state index contributed by atoms with van der Waals surface area (Å²) in [5.74, 6) is -1.45. The Morgan fingerprint density at radius 2 is 1.76 bits per heavy atom. The summed E-state index contributed by atoms with van der Waals surface area (Å²) in [7, 11) is 0. The molecule has 0 aliphatic carbocycles. The third-order valence-electron chi connectivity index (χ3n) is 4.34. The first kappa shape index (κ1) is 17.0. The number of carbonyl (C=O) groups is 2. The van der Waals surface area contributed by atoms with Crippen molar-refractivity contribution in [1.29, 1.82) is 0 Å². The van der Waals surface area contributed by atoms with E-state index in [1.54, 1.807) is 12.1 Å². The van der Waals surface area contributed by atoms with E-state index in [2.05, 4.69) is 0 Å². The molecule has 0 unspecified atom stereocenters. The van der Waals surface area contributed by atoms with Gasteiger partial charge >= 0.3 is 12.1 Å². The number of nitrogens with zero attached hydrogens (tertiary/aromatic N) is 1. The molecule has 0 aromatic heterocycles. The van der Waals surface area contributed by atoms with Gasteiger partial charge in [-0.1, -0.05) is 42.5 Å². The van der Waals surface area contributed by atoms with Crippen LogP contribution >= 0.6 is 0 Å². The van der Waals surface area contributed by atoms with Crippen LogP contribution in [0.3, 0.4) is 0 Å². The van der Waals surface area contributed by atoms with Gasteiger partial charge in [0.25, 0.3) is 0 Å². The topological polar surface area (TPSA) is 66.8 Å². The van der Waals surface area contributed by atoms with Crippen molar-refractivity contribution in [2.75, 3.05) is 0 Å². The molecule has 0 spiro atoms. The van der Waals surface area contributed by atoms with E-state index in [1.807, 2.05) is 30.3 Å². The van der Waals surface area contributed by atoms with Crippen molar-refractivity contribution in [1.82, 2.24) is 4.90 Å². The van der Waals surface area contributed by atoms with Gasteiger partial charge in [0.1, 0.15) is 18.5 Å². The molecule has 1 saturated heterocycles. The second kappa shape index (κ2) is 7.34. The third kappa shape index (κ3) is 3.79. The molecule has 2 aromatic carbocycles. The minimum atomic E-state index is -1.07. The van der Waals surface area contributed by atoms with Crippen molar-refractivity contribution in [2.45, 2.75) is 31.5 Å². The maximum Gasteiger partial charge on any atom is 0.411 e. The molecule has 6 heteroatoms. The number of benzene rings is 2. The van der Waals surface area contributed by atoms with Crippen molar-refractivity contribution >= 4 is 12.1 Å². The van der Waals surface area contributed by atoms with Gasteiger partial charge < -0.3 is 9.84 Å². The van der Waals surface area contributed by atoms with Crippen molar-refractivity contribution in [3.05, 3.63) is 71.5 Å². The molecule has 1 amide bonds. The van der Waals surface area contributed by atoms with Crippen LogP contribution in [0.2, 0.25) is 0 Å². The highest BCUT2D eigenvalue weighted by Crippen LogP contribution is 2.37. The third-order valence-corrected chi connectivity index (χ3v) is 4.34. The zero-order valence-electron chi connectivity index (χ0n) is 13.5. The first-order valence-electron chi connectivity index (χ1n) is 8.03. The highest BCUT2D eigenvalue weighted by atomic mass is 19.1. The van der Waals surface area contributed by atoms with Crippen LogP contribution in [-0.4, -0.2) is 28.1 Å². The van der Waals surface area contributed by atoms with E-state index < -0.39 is 24.1 Å². The Morgan fingerprint density at radius 1 is 1.08 bits per heavy atom. The molecular formula is C19H18FNO4. The van der Waals surface area contributed by atoms with Crippen molar-refractivity contribution in [3.63, 3.8) is 0 Å². The van der Waals surface area contributed by atoms with Crippen molar-refractivity contribution in [3.8, 4) is 0 Å². The molecule has 1 N–H and O–H groups in total. The fourth-order valence-electron chi connectivity index (χ4n) is 3.11. The van der Waals surface area contributed by atoms with Gasteiger partial charge in [0.15, 0.2) is 0 Å². The average molecular weight is 343 g/mol. The van der Waals surface area contributed by atoms with Gasteiger partial charge in [-0.15, -0.1) is 0 Å². The normalized spacial score (nSPS) is 19.6. The Balaban J connectivity index is 1.78. The molecule has 1 heterocycles. The van der Waals surface area contributed by atoms with E-state index in [1.165, 1.54) is 17.0 Å². The zero-order valence-corrected chi connectivity index (χ0v) is 13.5. The summed E-state index contributed by atoms with van der Waals surface area (Å²) >= 11 is 0. The fourth-order valence-corrected chi connectivity index (χ4v) is 3.11. The lowest BCUT2D eigenvalue weighted by molar-refractivity contribution is -0.142. The highest BCUT2D eigenvalue weighted by Gasteiger charge is 2.42. The Kier molecular flexibility index (Phi) is 4.97. The number of likely N-dealkylation sites (tertiary alicyclic amines) is 1. The average Bonchev–Trinajstić information content (AvgIpc) is 3.06. The van der Waals surface area contributed by atoms with E-state index >= 15 is 0 Å². The van der Waals surface area contributed by atoms with Gasteiger partial charge in [-0.3, -0.25) is 4.90 Å². The first-order chi connectivity index (χ1) is 12.1. The molecule has 0 radical (unpaired) electrons. The summed E-state index contributed by atoms with van der Waals surface area (Å²) in [6, 6.07) is 13.5. The Morgan fingerprint density at radius 3 is 2.40 bits per heavy atom. The highest BCUT2D eigenvalue weighted by molar-refractivity contribution is 5.81. The zero-order chi connectivity index (χ0) is 17.8. The van der Waals surface area contributed by atoms with Crippen LogP contribution < -0.4 is 0 Å². The predicted molar refractivity (Wildman–Crippen MR) is 88.3 cm³/mol. The molecule has 3 rings (SSSR count). The lowest BCUT2D eigenvalue weighted by Gasteiger charge is -2.27. The number of halogens is 1. The maximum absolute atomic E-state index is 13.1. The quantitative estimate of drug-likeness (QED) is 0.918. The fraction of sp³-hybridized carbons (Fsp3) is 0.263.